The first kappa shape index (κ1) is 15.2. The third-order valence-corrected chi connectivity index (χ3v) is 5.24. The van der Waals surface area contributed by atoms with Crippen molar-refractivity contribution in [2.75, 3.05) is 59.2 Å². The maximum absolute atomic E-state index is 11.7. The van der Waals surface area contributed by atoms with Crippen LogP contribution < -0.4 is 0 Å². The van der Waals surface area contributed by atoms with Crippen LogP contribution in [0.1, 0.15) is 19.3 Å². The van der Waals surface area contributed by atoms with E-state index in [1.54, 1.807) is 0 Å². The third kappa shape index (κ3) is 3.39. The average Bonchev–Trinajstić information content (AvgIpc) is 2.97. The summed E-state index contributed by atoms with van der Waals surface area (Å²) in [7, 11) is 0. The lowest BCUT2D eigenvalue weighted by Crippen LogP contribution is -2.48. The lowest BCUT2D eigenvalue weighted by atomic mass is 9.80. The molecule has 3 aliphatic heterocycles. The molecular formula is C15H26N2O4. The highest BCUT2D eigenvalue weighted by molar-refractivity contribution is 5.75. The molecule has 3 fully saturated rings. The lowest BCUT2D eigenvalue weighted by Gasteiger charge is -2.37. The number of carboxylic acids is 1. The van der Waals surface area contributed by atoms with E-state index in [-0.39, 0.29) is 0 Å². The second-order valence-corrected chi connectivity index (χ2v) is 6.52. The minimum absolute atomic E-state index is 0.569. The molecule has 0 amide bonds. The number of morpholine rings is 1. The molecule has 0 aromatic heterocycles. The molecule has 0 bridgehead atoms. The fourth-order valence-corrected chi connectivity index (χ4v) is 3.83. The van der Waals surface area contributed by atoms with E-state index in [0.29, 0.717) is 38.6 Å². The number of hydrogen-bond acceptors (Lipinski definition) is 5. The summed E-state index contributed by atoms with van der Waals surface area (Å²) in [6.45, 7) is 7.51. The third-order valence-electron chi connectivity index (χ3n) is 5.24. The van der Waals surface area contributed by atoms with Crippen molar-refractivity contribution in [1.82, 2.24) is 9.80 Å². The number of ether oxygens (including phenoxy) is 2. The number of likely N-dealkylation sites (tertiary alicyclic amines) is 1. The molecule has 3 heterocycles. The van der Waals surface area contributed by atoms with Crippen LogP contribution in [-0.2, 0) is 14.3 Å². The molecule has 0 spiro atoms. The first-order valence-corrected chi connectivity index (χ1v) is 8.05. The van der Waals surface area contributed by atoms with Crippen molar-refractivity contribution >= 4 is 5.97 Å². The van der Waals surface area contributed by atoms with Crippen molar-refractivity contribution in [1.29, 1.82) is 0 Å². The minimum atomic E-state index is -0.652. The number of nitrogens with zero attached hydrogens (tertiary/aromatic N) is 2. The average molecular weight is 298 g/mol. The van der Waals surface area contributed by atoms with Gasteiger partial charge in [-0.1, -0.05) is 0 Å². The molecule has 3 aliphatic rings. The predicted octanol–water partition coefficient (Wildman–Crippen LogP) is 0.274. The number of carboxylic acid groups (broad SMARTS) is 1. The summed E-state index contributed by atoms with van der Waals surface area (Å²) in [6.07, 6.45) is 2.42. The smallest absolute Gasteiger partial charge is 0.311 e. The molecule has 1 unspecified atom stereocenters. The Labute approximate surface area is 126 Å². The maximum atomic E-state index is 11.7. The summed E-state index contributed by atoms with van der Waals surface area (Å²) >= 11 is 0. The van der Waals surface area contributed by atoms with Crippen LogP contribution in [0, 0.1) is 5.41 Å². The molecule has 0 aromatic rings. The standard InChI is InChI=1S/C15H26N2O4/c18-14(19)15(2-7-20-8-3-15)12-16-4-1-13(11-16)17-5-9-21-10-6-17/h13H,1-12H2,(H,18,19). The second-order valence-electron chi connectivity index (χ2n) is 6.52. The van der Waals surface area contributed by atoms with Crippen molar-refractivity contribution in [3.63, 3.8) is 0 Å². The Bertz CT molecular complexity index is 365. The summed E-state index contributed by atoms with van der Waals surface area (Å²) in [4.78, 5) is 16.6. The molecule has 0 radical (unpaired) electrons. The van der Waals surface area contributed by atoms with Crippen LogP contribution in [0.3, 0.4) is 0 Å². The molecule has 3 rings (SSSR count). The van der Waals surface area contributed by atoms with Gasteiger partial charge in [-0.2, -0.15) is 0 Å². The van der Waals surface area contributed by atoms with Gasteiger partial charge in [0, 0.05) is 45.4 Å². The van der Waals surface area contributed by atoms with Crippen molar-refractivity contribution in [2.45, 2.75) is 25.3 Å². The molecule has 1 N–H and O–H groups in total. The molecule has 0 aliphatic carbocycles. The minimum Gasteiger partial charge on any atom is -0.481 e. The van der Waals surface area contributed by atoms with Crippen molar-refractivity contribution in [3.05, 3.63) is 0 Å². The van der Waals surface area contributed by atoms with Gasteiger partial charge in [-0.05, 0) is 25.8 Å². The zero-order valence-corrected chi connectivity index (χ0v) is 12.6. The van der Waals surface area contributed by atoms with Crippen LogP contribution in [0.4, 0.5) is 0 Å². The Balaban J connectivity index is 1.56. The normalized spacial score (nSPS) is 31.3. The predicted molar refractivity (Wildman–Crippen MR) is 77.4 cm³/mol. The molecular weight excluding hydrogens is 272 g/mol. The summed E-state index contributed by atoms with van der Waals surface area (Å²) in [5.41, 5.74) is -0.599. The van der Waals surface area contributed by atoms with Gasteiger partial charge in [0.1, 0.15) is 0 Å². The van der Waals surface area contributed by atoms with Gasteiger partial charge in [-0.3, -0.25) is 9.69 Å². The molecule has 6 heteroatoms. The maximum Gasteiger partial charge on any atom is 0.311 e. The van der Waals surface area contributed by atoms with Gasteiger partial charge in [0.2, 0.25) is 0 Å². The number of hydrogen-bond donors (Lipinski definition) is 1. The fourth-order valence-electron chi connectivity index (χ4n) is 3.83. The van der Waals surface area contributed by atoms with E-state index < -0.39 is 11.4 Å². The van der Waals surface area contributed by atoms with Crippen LogP contribution in [0.15, 0.2) is 0 Å². The SMILES string of the molecule is O=C(O)C1(CN2CCC(N3CCOCC3)C2)CCOCC1. The van der Waals surface area contributed by atoms with Crippen molar-refractivity contribution in [2.24, 2.45) is 5.41 Å². The van der Waals surface area contributed by atoms with E-state index in [4.69, 9.17) is 9.47 Å². The van der Waals surface area contributed by atoms with E-state index in [1.165, 1.54) is 0 Å². The van der Waals surface area contributed by atoms with Crippen LogP contribution >= 0.6 is 0 Å². The topological polar surface area (TPSA) is 62.2 Å². The van der Waals surface area contributed by atoms with Crippen molar-refractivity contribution < 1.29 is 19.4 Å². The molecule has 120 valence electrons. The quantitative estimate of drug-likeness (QED) is 0.804. The molecule has 21 heavy (non-hydrogen) atoms. The van der Waals surface area contributed by atoms with Gasteiger partial charge in [0.25, 0.3) is 0 Å². The van der Waals surface area contributed by atoms with Crippen LogP contribution in [0.5, 0.6) is 0 Å². The van der Waals surface area contributed by atoms with Crippen LogP contribution in [0.2, 0.25) is 0 Å². The number of carbonyl (C=O) groups is 1. The second kappa shape index (κ2) is 6.60. The molecule has 0 aromatic carbocycles. The monoisotopic (exact) mass is 298 g/mol. The lowest BCUT2D eigenvalue weighted by molar-refractivity contribution is -0.156. The Kier molecular flexibility index (Phi) is 4.78. The zero-order valence-electron chi connectivity index (χ0n) is 12.6. The fraction of sp³-hybridized carbons (Fsp3) is 0.933. The molecule has 0 saturated carbocycles. The summed E-state index contributed by atoms with van der Waals surface area (Å²) < 4.78 is 10.8. The van der Waals surface area contributed by atoms with Crippen LogP contribution in [0.25, 0.3) is 0 Å². The first-order chi connectivity index (χ1) is 10.2. The van der Waals surface area contributed by atoms with Gasteiger partial charge < -0.3 is 19.5 Å². The Morgan fingerprint density at radius 3 is 2.43 bits per heavy atom. The van der Waals surface area contributed by atoms with Crippen molar-refractivity contribution in [3.8, 4) is 0 Å². The zero-order chi connectivity index (χ0) is 14.7. The molecule has 3 saturated heterocycles. The van der Waals surface area contributed by atoms with Gasteiger partial charge in [-0.15, -0.1) is 0 Å². The van der Waals surface area contributed by atoms with E-state index in [9.17, 15) is 9.90 Å². The summed E-state index contributed by atoms with van der Waals surface area (Å²) in [5, 5.41) is 9.65. The number of rotatable bonds is 4. The Hall–Kier alpha value is -0.690. The highest BCUT2D eigenvalue weighted by Crippen LogP contribution is 2.33. The van der Waals surface area contributed by atoms with Gasteiger partial charge >= 0.3 is 5.97 Å². The Morgan fingerprint density at radius 2 is 1.76 bits per heavy atom. The number of aliphatic carboxylic acids is 1. The van der Waals surface area contributed by atoms with E-state index in [2.05, 4.69) is 9.80 Å². The van der Waals surface area contributed by atoms with Gasteiger partial charge in [0.15, 0.2) is 0 Å². The van der Waals surface area contributed by atoms with E-state index in [0.717, 1.165) is 45.8 Å². The highest BCUT2D eigenvalue weighted by atomic mass is 16.5. The largest absolute Gasteiger partial charge is 0.481 e. The Morgan fingerprint density at radius 1 is 1.10 bits per heavy atom. The summed E-state index contributed by atoms with van der Waals surface area (Å²) in [6, 6.07) is 0.569. The van der Waals surface area contributed by atoms with E-state index in [1.807, 2.05) is 0 Å². The summed E-state index contributed by atoms with van der Waals surface area (Å²) in [5.74, 6) is -0.652. The highest BCUT2D eigenvalue weighted by Gasteiger charge is 2.43. The molecule has 6 nitrogen and oxygen atoms in total. The van der Waals surface area contributed by atoms with E-state index >= 15 is 0 Å². The molecule has 1 atom stereocenters. The van der Waals surface area contributed by atoms with Gasteiger partial charge in [-0.25, -0.2) is 0 Å². The van der Waals surface area contributed by atoms with Crippen LogP contribution in [-0.4, -0.2) is 86.1 Å². The first-order valence-electron chi connectivity index (χ1n) is 8.05. The van der Waals surface area contributed by atoms with Gasteiger partial charge in [0.05, 0.1) is 18.6 Å².